The van der Waals surface area contributed by atoms with Gasteiger partial charge < -0.3 is 5.32 Å². The second-order valence-electron chi connectivity index (χ2n) is 2.35. The first kappa shape index (κ1) is 9.01. The summed E-state index contributed by atoms with van der Waals surface area (Å²) < 4.78 is 0. The van der Waals surface area contributed by atoms with Crippen LogP contribution in [0.15, 0.2) is 30.3 Å². The van der Waals surface area contributed by atoms with E-state index in [0.29, 0.717) is 6.41 Å². The highest BCUT2D eigenvalue weighted by atomic mass is 16.1. The third kappa shape index (κ3) is 2.80. The molecule has 13 heavy (non-hydrogen) atoms. The average molecular weight is 172 g/mol. The molecule has 3 nitrogen and oxygen atoms in total. The third-order valence-corrected chi connectivity index (χ3v) is 1.46. The molecule has 0 saturated carbocycles. The third-order valence-electron chi connectivity index (χ3n) is 1.46. The molecule has 0 aliphatic carbocycles. The molecule has 0 spiro atoms. The lowest BCUT2D eigenvalue weighted by atomic mass is 10.2. The number of nitrogens with zero attached hydrogens (tertiary/aromatic N) is 1. The number of carbonyl (C=O) groups excluding carboxylic acids is 1. The first-order valence-corrected chi connectivity index (χ1v) is 3.73. The van der Waals surface area contributed by atoms with E-state index in [1.807, 2.05) is 18.2 Å². The molecule has 1 N–H and O–H groups in total. The van der Waals surface area contributed by atoms with Gasteiger partial charge in [0, 0.05) is 11.8 Å². The van der Waals surface area contributed by atoms with Crippen LogP contribution in [0.1, 0.15) is 5.56 Å². The quantitative estimate of drug-likeness (QED) is 0.558. The zero-order valence-electron chi connectivity index (χ0n) is 6.90. The summed E-state index contributed by atoms with van der Waals surface area (Å²) in [6, 6.07) is 9.11. The molecule has 1 rings (SSSR count). The molecular weight excluding hydrogens is 164 g/mol. The maximum absolute atomic E-state index is 10.1. The number of rotatable bonds is 3. The van der Waals surface area contributed by atoms with Gasteiger partial charge in [-0.15, -0.1) is 0 Å². The van der Waals surface area contributed by atoms with Gasteiger partial charge in [-0.1, -0.05) is 12.1 Å². The van der Waals surface area contributed by atoms with Crippen molar-refractivity contribution in [2.45, 2.75) is 0 Å². The van der Waals surface area contributed by atoms with E-state index in [-0.39, 0.29) is 0 Å². The van der Waals surface area contributed by atoms with Gasteiger partial charge in [0.05, 0.1) is 6.07 Å². The molecule has 0 atom stereocenters. The van der Waals surface area contributed by atoms with Crippen molar-refractivity contribution in [2.24, 2.45) is 0 Å². The van der Waals surface area contributed by atoms with Crippen molar-refractivity contribution in [3.05, 3.63) is 35.9 Å². The molecule has 0 saturated heterocycles. The minimum atomic E-state index is 0.618. The summed E-state index contributed by atoms with van der Waals surface area (Å²) in [5.74, 6) is 0. The smallest absolute Gasteiger partial charge is 0.211 e. The van der Waals surface area contributed by atoms with Gasteiger partial charge in [0.25, 0.3) is 0 Å². The van der Waals surface area contributed by atoms with Crippen molar-refractivity contribution in [1.82, 2.24) is 0 Å². The van der Waals surface area contributed by atoms with E-state index in [2.05, 4.69) is 5.32 Å². The minimum absolute atomic E-state index is 0.618. The Bertz CT molecular complexity index is 363. The SMILES string of the molecule is N#C/C=C/c1cccc(NC=O)c1. The van der Waals surface area contributed by atoms with E-state index in [4.69, 9.17) is 5.26 Å². The monoisotopic (exact) mass is 172 g/mol. The van der Waals surface area contributed by atoms with E-state index in [1.54, 1.807) is 18.2 Å². The number of nitrogens with one attached hydrogen (secondary N) is 1. The Morgan fingerprint density at radius 3 is 3.00 bits per heavy atom. The number of amides is 1. The van der Waals surface area contributed by atoms with Crippen LogP contribution in [-0.2, 0) is 4.79 Å². The molecular formula is C10H8N2O. The number of anilines is 1. The lowest BCUT2D eigenvalue weighted by molar-refractivity contribution is -0.105. The Balaban J connectivity index is 2.86. The molecule has 1 amide bonds. The van der Waals surface area contributed by atoms with Crippen molar-refractivity contribution in [1.29, 1.82) is 5.26 Å². The van der Waals surface area contributed by atoms with Crippen LogP contribution < -0.4 is 5.32 Å². The molecule has 3 heteroatoms. The predicted molar refractivity (Wildman–Crippen MR) is 50.8 cm³/mol. The van der Waals surface area contributed by atoms with Gasteiger partial charge in [-0.05, 0) is 23.8 Å². The molecule has 0 fully saturated rings. The Morgan fingerprint density at radius 2 is 2.31 bits per heavy atom. The number of hydrogen-bond donors (Lipinski definition) is 1. The maximum atomic E-state index is 10.1. The first-order valence-electron chi connectivity index (χ1n) is 3.73. The molecule has 0 aliphatic heterocycles. The van der Waals surface area contributed by atoms with Crippen LogP contribution in [0.5, 0.6) is 0 Å². The van der Waals surface area contributed by atoms with Crippen LogP contribution in [0.25, 0.3) is 6.08 Å². The fourth-order valence-electron chi connectivity index (χ4n) is 0.934. The molecule has 0 radical (unpaired) electrons. The van der Waals surface area contributed by atoms with E-state index < -0.39 is 0 Å². The van der Waals surface area contributed by atoms with Gasteiger partial charge in [-0.2, -0.15) is 5.26 Å². The summed E-state index contributed by atoms with van der Waals surface area (Å²) in [6.45, 7) is 0. The molecule has 0 unspecified atom stereocenters. The zero-order valence-corrected chi connectivity index (χ0v) is 6.90. The fraction of sp³-hybridized carbons (Fsp3) is 0. The summed E-state index contributed by atoms with van der Waals surface area (Å²) in [4.78, 5) is 10.1. The summed E-state index contributed by atoms with van der Waals surface area (Å²) >= 11 is 0. The second-order valence-corrected chi connectivity index (χ2v) is 2.35. The molecule has 0 aliphatic rings. The zero-order chi connectivity index (χ0) is 9.52. The van der Waals surface area contributed by atoms with Gasteiger partial charge in [-0.25, -0.2) is 0 Å². The summed E-state index contributed by atoms with van der Waals surface area (Å²) in [7, 11) is 0. The molecule has 1 aromatic carbocycles. The molecule has 0 aromatic heterocycles. The predicted octanol–water partition coefficient (Wildman–Crippen LogP) is 1.79. The van der Waals surface area contributed by atoms with Crippen molar-refractivity contribution in [2.75, 3.05) is 5.32 Å². The molecule has 0 bridgehead atoms. The van der Waals surface area contributed by atoms with Gasteiger partial charge in [0.15, 0.2) is 0 Å². The topological polar surface area (TPSA) is 52.9 Å². The average Bonchev–Trinajstić information content (AvgIpc) is 2.16. The van der Waals surface area contributed by atoms with Gasteiger partial charge in [0.2, 0.25) is 6.41 Å². The highest BCUT2D eigenvalue weighted by Gasteiger charge is 1.90. The van der Waals surface area contributed by atoms with E-state index >= 15 is 0 Å². The lowest BCUT2D eigenvalue weighted by Crippen LogP contribution is -1.92. The molecule has 64 valence electrons. The number of carbonyl (C=O) groups is 1. The molecule has 1 aromatic rings. The largest absolute Gasteiger partial charge is 0.329 e. The van der Waals surface area contributed by atoms with Crippen molar-refractivity contribution in [3.8, 4) is 6.07 Å². The summed E-state index contributed by atoms with van der Waals surface area (Å²) in [5, 5.41) is 10.8. The Morgan fingerprint density at radius 1 is 1.46 bits per heavy atom. The number of nitriles is 1. The maximum Gasteiger partial charge on any atom is 0.211 e. The lowest BCUT2D eigenvalue weighted by Gasteiger charge is -1.98. The highest BCUT2D eigenvalue weighted by Crippen LogP contribution is 2.10. The Labute approximate surface area is 76.3 Å². The molecule has 0 heterocycles. The normalized spacial score (nSPS) is 9.46. The fourth-order valence-corrected chi connectivity index (χ4v) is 0.934. The van der Waals surface area contributed by atoms with Crippen LogP contribution in [0.3, 0.4) is 0 Å². The Hall–Kier alpha value is -2.08. The first-order chi connectivity index (χ1) is 6.36. The number of allylic oxidation sites excluding steroid dienone is 1. The van der Waals surface area contributed by atoms with Gasteiger partial charge in [0.1, 0.15) is 0 Å². The highest BCUT2D eigenvalue weighted by molar-refractivity contribution is 5.72. The van der Waals surface area contributed by atoms with Crippen molar-refractivity contribution in [3.63, 3.8) is 0 Å². The van der Waals surface area contributed by atoms with Gasteiger partial charge in [-0.3, -0.25) is 4.79 Å². The number of hydrogen-bond acceptors (Lipinski definition) is 2. The van der Waals surface area contributed by atoms with Crippen LogP contribution in [-0.4, -0.2) is 6.41 Å². The van der Waals surface area contributed by atoms with Crippen LogP contribution in [0.4, 0.5) is 5.69 Å². The summed E-state index contributed by atoms with van der Waals surface area (Å²) in [5.41, 5.74) is 1.60. The summed E-state index contributed by atoms with van der Waals surface area (Å²) in [6.07, 6.45) is 3.68. The van der Waals surface area contributed by atoms with Crippen LogP contribution >= 0.6 is 0 Å². The van der Waals surface area contributed by atoms with Crippen molar-refractivity contribution >= 4 is 18.2 Å². The van der Waals surface area contributed by atoms with Crippen LogP contribution in [0.2, 0.25) is 0 Å². The van der Waals surface area contributed by atoms with Crippen molar-refractivity contribution < 1.29 is 4.79 Å². The minimum Gasteiger partial charge on any atom is -0.329 e. The second kappa shape index (κ2) is 4.73. The standard InChI is InChI=1S/C10H8N2O/c11-6-2-4-9-3-1-5-10(7-9)12-8-13/h1-5,7-8H,(H,12,13)/b4-2+. The van der Waals surface area contributed by atoms with E-state index in [0.717, 1.165) is 11.3 Å². The van der Waals surface area contributed by atoms with Crippen LogP contribution in [0, 0.1) is 11.3 Å². The van der Waals surface area contributed by atoms with E-state index in [1.165, 1.54) is 6.08 Å². The van der Waals surface area contributed by atoms with E-state index in [9.17, 15) is 4.79 Å². The number of benzene rings is 1. The van der Waals surface area contributed by atoms with Gasteiger partial charge >= 0.3 is 0 Å². The Kier molecular flexibility index (Phi) is 3.28.